The Labute approximate surface area is 214 Å². The van der Waals surface area contributed by atoms with E-state index in [0.29, 0.717) is 30.5 Å². The Kier molecular flexibility index (Phi) is 6.54. The molecule has 3 unspecified atom stereocenters. The first-order chi connectivity index (χ1) is 17.8. The molecule has 1 N–H and O–H groups in total. The Morgan fingerprint density at radius 3 is 2.57 bits per heavy atom. The van der Waals surface area contributed by atoms with Crippen LogP contribution < -0.4 is 5.32 Å². The van der Waals surface area contributed by atoms with Gasteiger partial charge in [-0.1, -0.05) is 38.1 Å². The zero-order chi connectivity index (χ0) is 26.3. The van der Waals surface area contributed by atoms with Crippen molar-refractivity contribution >= 4 is 34.5 Å². The highest BCUT2D eigenvalue weighted by Gasteiger charge is 2.52. The number of para-hydroxylation sites is 1. The highest BCUT2D eigenvalue weighted by molar-refractivity contribution is 6.03. The molecule has 0 bridgehead atoms. The van der Waals surface area contributed by atoms with Gasteiger partial charge in [-0.15, -0.1) is 0 Å². The van der Waals surface area contributed by atoms with E-state index in [0.717, 1.165) is 5.39 Å². The Morgan fingerprint density at radius 2 is 1.86 bits per heavy atom. The van der Waals surface area contributed by atoms with Gasteiger partial charge in [0.25, 0.3) is 11.8 Å². The maximum Gasteiger partial charge on any atom is 0.287 e. The number of rotatable bonds is 6. The summed E-state index contributed by atoms with van der Waals surface area (Å²) in [6.45, 7) is 6.03. The summed E-state index contributed by atoms with van der Waals surface area (Å²) in [5.74, 6) is -0.986. The van der Waals surface area contributed by atoms with Crippen molar-refractivity contribution in [3.63, 3.8) is 0 Å². The van der Waals surface area contributed by atoms with Gasteiger partial charge < -0.3 is 19.5 Å². The summed E-state index contributed by atoms with van der Waals surface area (Å²) in [7, 11) is 0. The average Bonchev–Trinajstić information content (AvgIpc) is 3.57. The van der Waals surface area contributed by atoms with Crippen LogP contribution in [0.2, 0.25) is 0 Å². The lowest BCUT2D eigenvalue weighted by molar-refractivity contribution is -0.138. The predicted molar refractivity (Wildman–Crippen MR) is 136 cm³/mol. The molecule has 2 fully saturated rings. The monoisotopic (exact) mass is 502 g/mol. The number of hydrogen-bond donors (Lipinski definition) is 1. The number of carbonyl (C=O) groups excluding carboxylic acids is 4. The molecule has 2 saturated heterocycles. The molecular weight excluding hydrogens is 472 g/mol. The van der Waals surface area contributed by atoms with Crippen molar-refractivity contribution in [2.24, 2.45) is 5.92 Å². The quantitative estimate of drug-likeness (QED) is 0.555. The summed E-state index contributed by atoms with van der Waals surface area (Å²) in [6, 6.07) is 10.5. The number of hydrogen-bond acceptors (Lipinski definition) is 6. The van der Waals surface area contributed by atoms with E-state index in [2.05, 4.69) is 10.3 Å². The zero-order valence-corrected chi connectivity index (χ0v) is 21.1. The summed E-state index contributed by atoms with van der Waals surface area (Å²) in [4.78, 5) is 60.3. The second-order valence-electron chi connectivity index (χ2n) is 10.2. The molecule has 0 aliphatic carbocycles. The first-order valence-corrected chi connectivity index (χ1v) is 12.6. The molecule has 2 aliphatic heterocycles. The summed E-state index contributed by atoms with van der Waals surface area (Å²) in [5, 5.41) is 3.72. The van der Waals surface area contributed by atoms with Gasteiger partial charge >= 0.3 is 0 Å². The Hall–Kier alpha value is -4.01. The summed E-state index contributed by atoms with van der Waals surface area (Å²) < 4.78 is 5.80. The lowest BCUT2D eigenvalue weighted by atomic mass is 10.0. The third-order valence-electron chi connectivity index (χ3n) is 7.21. The van der Waals surface area contributed by atoms with E-state index in [9.17, 15) is 19.2 Å². The lowest BCUT2D eigenvalue weighted by Crippen LogP contribution is -2.53. The molecule has 2 aromatic heterocycles. The molecule has 3 aromatic rings. The fourth-order valence-electron chi connectivity index (χ4n) is 5.48. The van der Waals surface area contributed by atoms with Gasteiger partial charge in [0.2, 0.25) is 5.91 Å². The summed E-state index contributed by atoms with van der Waals surface area (Å²) in [6.07, 6.45) is 2.43. The maximum absolute atomic E-state index is 13.8. The van der Waals surface area contributed by atoms with Crippen molar-refractivity contribution in [1.82, 2.24) is 20.1 Å². The molecule has 5 rings (SSSR count). The molecular formula is C28H30N4O5. The van der Waals surface area contributed by atoms with Crippen molar-refractivity contribution in [3.05, 3.63) is 65.7 Å². The van der Waals surface area contributed by atoms with E-state index in [-0.39, 0.29) is 41.5 Å². The van der Waals surface area contributed by atoms with Gasteiger partial charge in [0.05, 0.1) is 12.6 Å². The normalized spacial score (nSPS) is 19.9. The van der Waals surface area contributed by atoms with Crippen LogP contribution in [-0.4, -0.2) is 69.5 Å². The molecule has 0 saturated carbocycles. The molecule has 0 spiro atoms. The molecule has 3 amide bonds. The highest BCUT2D eigenvalue weighted by atomic mass is 16.3. The number of aromatic nitrogens is 1. The van der Waals surface area contributed by atoms with Crippen LogP contribution in [0.4, 0.5) is 0 Å². The van der Waals surface area contributed by atoms with Crippen molar-refractivity contribution in [3.8, 4) is 0 Å². The van der Waals surface area contributed by atoms with Crippen LogP contribution in [0.5, 0.6) is 0 Å². The van der Waals surface area contributed by atoms with Crippen molar-refractivity contribution in [1.29, 1.82) is 0 Å². The number of pyridine rings is 1. The van der Waals surface area contributed by atoms with E-state index in [1.165, 1.54) is 16.0 Å². The van der Waals surface area contributed by atoms with Crippen LogP contribution >= 0.6 is 0 Å². The largest absolute Gasteiger partial charge is 0.451 e. The van der Waals surface area contributed by atoms with Crippen LogP contribution in [0.3, 0.4) is 0 Å². The van der Waals surface area contributed by atoms with E-state index in [1.54, 1.807) is 24.3 Å². The topological polar surface area (TPSA) is 113 Å². The van der Waals surface area contributed by atoms with Gasteiger partial charge in [0.15, 0.2) is 11.5 Å². The van der Waals surface area contributed by atoms with Crippen LogP contribution in [0.15, 0.2) is 53.1 Å². The Balaban J connectivity index is 1.35. The molecule has 4 heterocycles. The van der Waals surface area contributed by atoms with Crippen LogP contribution in [-0.2, 0) is 9.59 Å². The second kappa shape index (κ2) is 9.80. The number of aryl methyl sites for hydroxylation is 1. The van der Waals surface area contributed by atoms with Crippen molar-refractivity contribution in [2.75, 3.05) is 13.1 Å². The number of nitrogens with one attached hydrogen (secondary N) is 1. The number of amides is 3. The van der Waals surface area contributed by atoms with E-state index >= 15 is 0 Å². The lowest BCUT2D eigenvalue weighted by Gasteiger charge is -2.29. The minimum Gasteiger partial charge on any atom is -0.451 e. The summed E-state index contributed by atoms with van der Waals surface area (Å²) >= 11 is 0. The summed E-state index contributed by atoms with van der Waals surface area (Å²) in [5.41, 5.74) is 1.58. The van der Waals surface area contributed by atoms with Gasteiger partial charge in [-0.2, -0.15) is 0 Å². The highest BCUT2D eigenvalue weighted by Crippen LogP contribution is 2.32. The van der Waals surface area contributed by atoms with E-state index in [4.69, 9.17) is 4.42 Å². The third kappa shape index (κ3) is 4.50. The van der Waals surface area contributed by atoms with Crippen LogP contribution in [0, 0.1) is 12.8 Å². The molecule has 0 radical (unpaired) electrons. The van der Waals surface area contributed by atoms with Crippen LogP contribution in [0.1, 0.15) is 53.3 Å². The molecule has 9 nitrogen and oxygen atoms in total. The second-order valence-corrected chi connectivity index (χ2v) is 10.2. The van der Waals surface area contributed by atoms with Gasteiger partial charge in [-0.25, -0.2) is 0 Å². The number of likely N-dealkylation sites (tertiary alicyclic amines) is 2. The van der Waals surface area contributed by atoms with Gasteiger partial charge in [-0.05, 0) is 43.9 Å². The number of carbonyl (C=O) groups is 4. The van der Waals surface area contributed by atoms with Gasteiger partial charge in [-0.3, -0.25) is 24.2 Å². The SMILES string of the molecule is Cc1c(C(=O)NC(CC(C)C)C(=O)N2CCC3C2C(=O)CN3C(=O)c2ccccn2)oc2ccccc12. The number of benzene rings is 1. The fourth-order valence-corrected chi connectivity index (χ4v) is 5.48. The number of nitrogens with zero attached hydrogens (tertiary/aromatic N) is 3. The first kappa shape index (κ1) is 24.7. The molecule has 192 valence electrons. The number of furan rings is 1. The number of fused-ring (bicyclic) bond motifs is 2. The smallest absolute Gasteiger partial charge is 0.287 e. The minimum absolute atomic E-state index is 0.0616. The van der Waals surface area contributed by atoms with E-state index in [1.807, 2.05) is 39.0 Å². The van der Waals surface area contributed by atoms with E-state index < -0.39 is 24.0 Å². The zero-order valence-electron chi connectivity index (χ0n) is 21.1. The molecule has 3 atom stereocenters. The molecule has 37 heavy (non-hydrogen) atoms. The van der Waals surface area contributed by atoms with Crippen LogP contribution in [0.25, 0.3) is 11.0 Å². The fraction of sp³-hybridized carbons (Fsp3) is 0.393. The first-order valence-electron chi connectivity index (χ1n) is 12.6. The molecule has 9 heteroatoms. The Morgan fingerprint density at radius 1 is 1.11 bits per heavy atom. The number of ketones is 1. The third-order valence-corrected chi connectivity index (χ3v) is 7.21. The standard InChI is InChI=1S/C28H30N4O5/c1-16(2)14-20(30-26(34)25-17(3)18-8-4-5-10-23(18)37-25)28(36)31-13-11-21-24(31)22(33)15-32(21)27(35)19-9-6-7-12-29-19/h4-10,12,16,20-21,24H,11,13-15H2,1-3H3,(H,30,34). The minimum atomic E-state index is -0.827. The number of Topliss-reactive ketones (excluding diaryl/α,β-unsaturated/α-hetero) is 1. The molecule has 2 aliphatic rings. The maximum atomic E-state index is 13.8. The van der Waals surface area contributed by atoms with Gasteiger partial charge in [0.1, 0.15) is 23.4 Å². The van der Waals surface area contributed by atoms with Gasteiger partial charge in [0, 0.05) is 23.7 Å². The predicted octanol–water partition coefficient (Wildman–Crippen LogP) is 2.98. The average molecular weight is 503 g/mol. The van der Waals surface area contributed by atoms with Crippen molar-refractivity contribution < 1.29 is 23.6 Å². The van der Waals surface area contributed by atoms with Crippen molar-refractivity contribution in [2.45, 2.75) is 51.7 Å². The Bertz CT molecular complexity index is 1370. The molecule has 1 aromatic carbocycles.